The highest BCUT2D eigenvalue weighted by Crippen LogP contribution is 2.22. The molecule has 0 aromatic heterocycles. The van der Waals surface area contributed by atoms with Gasteiger partial charge in [0.25, 0.3) is 0 Å². The number of methoxy groups -OCH3 is 1. The van der Waals surface area contributed by atoms with Gasteiger partial charge in [-0.1, -0.05) is 12.1 Å². The number of nitrogens with one attached hydrogen (secondary N) is 1. The Labute approximate surface area is 154 Å². The third-order valence-electron chi connectivity index (χ3n) is 3.10. The Bertz CT molecular complexity index is 702. The smallest absolute Gasteiger partial charge is 0.194 e. The molecule has 0 saturated heterocycles. The number of anilines is 1. The van der Waals surface area contributed by atoms with E-state index in [9.17, 15) is 13.2 Å². The van der Waals surface area contributed by atoms with Crippen molar-refractivity contribution in [3.8, 4) is 5.75 Å². The molecule has 24 heavy (non-hydrogen) atoms. The molecule has 130 valence electrons. The molecule has 0 heterocycles. The molecule has 0 radical (unpaired) electrons. The van der Waals surface area contributed by atoms with Crippen LogP contribution in [0.4, 0.5) is 18.9 Å². The van der Waals surface area contributed by atoms with Crippen molar-refractivity contribution in [1.29, 1.82) is 0 Å². The number of halogens is 4. The van der Waals surface area contributed by atoms with Gasteiger partial charge in [0.2, 0.25) is 0 Å². The first-order chi connectivity index (χ1) is 11.0. The number of para-hydroxylation sites is 2. The van der Waals surface area contributed by atoms with Gasteiger partial charge in [0.05, 0.1) is 12.8 Å². The molecule has 0 fully saturated rings. The summed E-state index contributed by atoms with van der Waals surface area (Å²) < 4.78 is 44.2. The maximum atomic E-state index is 13.1. The van der Waals surface area contributed by atoms with E-state index in [0.717, 1.165) is 12.1 Å². The van der Waals surface area contributed by atoms with Gasteiger partial charge in [0.1, 0.15) is 5.75 Å². The molecule has 0 bridgehead atoms. The molecular weight excluding hydrogens is 434 g/mol. The molecule has 8 heteroatoms. The Morgan fingerprint density at radius 2 is 1.79 bits per heavy atom. The van der Waals surface area contributed by atoms with Gasteiger partial charge in [-0.2, -0.15) is 0 Å². The number of nitrogens with two attached hydrogens (primary N) is 1. The SMILES string of the molecule is COc1ccccc1NC(N)=NCCc1cc(F)c(F)c(F)c1.I. The van der Waals surface area contributed by atoms with E-state index in [4.69, 9.17) is 10.5 Å². The van der Waals surface area contributed by atoms with E-state index in [1.54, 1.807) is 12.1 Å². The maximum Gasteiger partial charge on any atom is 0.194 e. The quantitative estimate of drug-likeness (QED) is 0.316. The molecule has 0 aliphatic rings. The van der Waals surface area contributed by atoms with Crippen molar-refractivity contribution >= 4 is 35.6 Å². The summed E-state index contributed by atoms with van der Waals surface area (Å²) in [5.41, 5.74) is 6.70. The zero-order chi connectivity index (χ0) is 16.8. The van der Waals surface area contributed by atoms with Crippen LogP contribution in [0.15, 0.2) is 41.4 Å². The van der Waals surface area contributed by atoms with Gasteiger partial charge in [-0.25, -0.2) is 13.2 Å². The monoisotopic (exact) mass is 451 g/mol. The number of aliphatic imine (C=N–C) groups is 1. The van der Waals surface area contributed by atoms with Crippen molar-refractivity contribution in [3.05, 3.63) is 59.4 Å². The van der Waals surface area contributed by atoms with Crippen LogP contribution in [-0.4, -0.2) is 19.6 Å². The minimum atomic E-state index is -1.48. The minimum Gasteiger partial charge on any atom is -0.495 e. The molecule has 3 N–H and O–H groups in total. The zero-order valence-corrected chi connectivity index (χ0v) is 15.2. The van der Waals surface area contributed by atoms with Crippen LogP contribution in [0.3, 0.4) is 0 Å². The van der Waals surface area contributed by atoms with Gasteiger partial charge in [-0.15, -0.1) is 24.0 Å². The van der Waals surface area contributed by atoms with E-state index >= 15 is 0 Å². The average Bonchev–Trinajstić information content (AvgIpc) is 2.53. The third kappa shape index (κ3) is 5.29. The lowest BCUT2D eigenvalue weighted by Crippen LogP contribution is -2.23. The molecule has 2 aromatic carbocycles. The Kier molecular flexibility index (Phi) is 7.83. The second-order valence-corrected chi connectivity index (χ2v) is 4.72. The van der Waals surface area contributed by atoms with E-state index in [2.05, 4.69) is 10.3 Å². The van der Waals surface area contributed by atoms with Crippen LogP contribution in [0.2, 0.25) is 0 Å². The molecule has 0 aliphatic carbocycles. The van der Waals surface area contributed by atoms with Gasteiger partial charge in [0, 0.05) is 6.54 Å². The summed E-state index contributed by atoms with van der Waals surface area (Å²) in [5, 5.41) is 2.87. The Morgan fingerprint density at radius 3 is 2.42 bits per heavy atom. The van der Waals surface area contributed by atoms with Crippen molar-refractivity contribution < 1.29 is 17.9 Å². The summed E-state index contributed by atoms with van der Waals surface area (Å²) in [4.78, 5) is 4.06. The number of ether oxygens (including phenoxy) is 1. The van der Waals surface area contributed by atoms with E-state index in [1.165, 1.54) is 7.11 Å². The first kappa shape index (κ1) is 20.1. The molecule has 0 unspecified atom stereocenters. The molecule has 0 atom stereocenters. The molecule has 0 saturated carbocycles. The van der Waals surface area contributed by atoms with Crippen LogP contribution in [0, 0.1) is 17.5 Å². The van der Waals surface area contributed by atoms with Crippen LogP contribution < -0.4 is 15.8 Å². The summed E-state index contributed by atoms with van der Waals surface area (Å²) in [6, 6.07) is 9.04. The number of nitrogens with zero attached hydrogens (tertiary/aromatic N) is 1. The van der Waals surface area contributed by atoms with Crippen molar-refractivity contribution in [3.63, 3.8) is 0 Å². The Balaban J connectivity index is 0.00000288. The second-order valence-electron chi connectivity index (χ2n) is 4.72. The van der Waals surface area contributed by atoms with Crippen molar-refractivity contribution in [1.82, 2.24) is 0 Å². The fourth-order valence-electron chi connectivity index (χ4n) is 1.98. The van der Waals surface area contributed by atoms with Gasteiger partial charge >= 0.3 is 0 Å². The lowest BCUT2D eigenvalue weighted by molar-refractivity contribution is 0.417. The first-order valence-corrected chi connectivity index (χ1v) is 6.84. The molecule has 0 spiro atoms. The standard InChI is InChI=1S/C16H16F3N3O.HI/c1-23-14-5-3-2-4-13(14)22-16(20)21-7-6-10-8-11(17)15(19)12(18)9-10;/h2-5,8-9H,6-7H2,1H3,(H3,20,21,22);1H. The van der Waals surface area contributed by atoms with E-state index in [1.807, 2.05) is 12.1 Å². The molecule has 0 amide bonds. The highest BCUT2D eigenvalue weighted by atomic mass is 127. The highest BCUT2D eigenvalue weighted by Gasteiger charge is 2.10. The Hall–Kier alpha value is -1.97. The fourth-order valence-corrected chi connectivity index (χ4v) is 1.98. The summed E-state index contributed by atoms with van der Waals surface area (Å²) in [6.07, 6.45) is 0.225. The third-order valence-corrected chi connectivity index (χ3v) is 3.10. The van der Waals surface area contributed by atoms with Crippen LogP contribution in [-0.2, 0) is 6.42 Å². The van der Waals surface area contributed by atoms with Crippen LogP contribution in [0.5, 0.6) is 5.75 Å². The summed E-state index contributed by atoms with van der Waals surface area (Å²) in [5.74, 6) is -3.17. The second kappa shape index (κ2) is 9.36. The predicted octanol–water partition coefficient (Wildman–Crippen LogP) is 3.70. The van der Waals surface area contributed by atoms with E-state index < -0.39 is 17.5 Å². The minimum absolute atomic E-state index is 0. The normalized spacial score (nSPS) is 10.9. The van der Waals surface area contributed by atoms with Crippen molar-refractivity contribution in [2.75, 3.05) is 19.0 Å². The fraction of sp³-hybridized carbons (Fsp3) is 0.188. The van der Waals surface area contributed by atoms with Crippen LogP contribution in [0.1, 0.15) is 5.56 Å². The molecule has 2 aromatic rings. The van der Waals surface area contributed by atoms with Crippen molar-refractivity contribution in [2.45, 2.75) is 6.42 Å². The molecular formula is C16H17F3IN3O. The lowest BCUT2D eigenvalue weighted by atomic mass is 10.1. The van der Waals surface area contributed by atoms with Crippen LogP contribution >= 0.6 is 24.0 Å². The van der Waals surface area contributed by atoms with E-state index in [-0.39, 0.29) is 42.9 Å². The number of guanidine groups is 1. The van der Waals surface area contributed by atoms with Gasteiger partial charge in [-0.05, 0) is 36.2 Å². The summed E-state index contributed by atoms with van der Waals surface area (Å²) in [6.45, 7) is 0.193. The molecule has 2 rings (SSSR count). The average molecular weight is 451 g/mol. The molecule has 0 aliphatic heterocycles. The zero-order valence-electron chi connectivity index (χ0n) is 12.9. The van der Waals surface area contributed by atoms with Gasteiger partial charge < -0.3 is 15.8 Å². The van der Waals surface area contributed by atoms with Crippen molar-refractivity contribution in [2.24, 2.45) is 10.7 Å². The molecule has 4 nitrogen and oxygen atoms in total. The predicted molar refractivity (Wildman–Crippen MR) is 98.5 cm³/mol. The van der Waals surface area contributed by atoms with E-state index in [0.29, 0.717) is 17.0 Å². The van der Waals surface area contributed by atoms with Gasteiger partial charge in [0.15, 0.2) is 23.4 Å². The number of rotatable bonds is 5. The lowest BCUT2D eigenvalue weighted by Gasteiger charge is -2.10. The largest absolute Gasteiger partial charge is 0.495 e. The number of hydrogen-bond acceptors (Lipinski definition) is 2. The van der Waals surface area contributed by atoms with Gasteiger partial charge in [-0.3, -0.25) is 4.99 Å². The maximum absolute atomic E-state index is 13.1. The first-order valence-electron chi connectivity index (χ1n) is 6.84. The topological polar surface area (TPSA) is 59.6 Å². The number of benzene rings is 2. The van der Waals surface area contributed by atoms with Crippen LogP contribution in [0.25, 0.3) is 0 Å². The summed E-state index contributed by atoms with van der Waals surface area (Å²) >= 11 is 0. The summed E-state index contributed by atoms with van der Waals surface area (Å²) in [7, 11) is 1.53. The number of hydrogen-bond donors (Lipinski definition) is 2. The Morgan fingerprint density at radius 1 is 1.17 bits per heavy atom. The highest BCUT2D eigenvalue weighted by molar-refractivity contribution is 14.0.